The molecule has 2 heterocycles. The van der Waals surface area contributed by atoms with Crippen LogP contribution in [0.1, 0.15) is 17.5 Å². The molecule has 2 aliphatic heterocycles. The number of fused-ring (bicyclic) bond motifs is 1. The molecule has 2 aliphatic rings. The van der Waals surface area contributed by atoms with Crippen LogP contribution >= 0.6 is 0 Å². The van der Waals surface area contributed by atoms with Crippen LogP contribution in [0, 0.1) is 13.8 Å². The molecule has 0 aliphatic carbocycles. The minimum Gasteiger partial charge on any atom is -0.491 e. The standard InChI is InChI=1S/C15H21N3O2/c1-10-11(2)15-12(17-14(19)3-8-20-15)9-13(10)18-6-4-16-5-7-18/h9,16H,3-8H2,1-2H3,(H,17,19). The van der Waals surface area contributed by atoms with E-state index in [0.717, 1.165) is 43.2 Å². The average Bonchev–Trinajstić information content (AvgIpc) is 2.65. The fraction of sp³-hybridized carbons (Fsp3) is 0.533. The van der Waals surface area contributed by atoms with E-state index in [2.05, 4.69) is 35.4 Å². The summed E-state index contributed by atoms with van der Waals surface area (Å²) in [5.74, 6) is 0.852. The molecule has 1 amide bonds. The summed E-state index contributed by atoms with van der Waals surface area (Å²) in [6, 6.07) is 2.06. The van der Waals surface area contributed by atoms with Crippen molar-refractivity contribution >= 4 is 17.3 Å². The van der Waals surface area contributed by atoms with Crippen LogP contribution < -0.4 is 20.3 Å². The normalized spacial score (nSPS) is 18.9. The number of carbonyl (C=O) groups is 1. The van der Waals surface area contributed by atoms with Crippen molar-refractivity contribution in [1.29, 1.82) is 0 Å². The predicted octanol–water partition coefficient (Wildman–Crippen LogP) is 1.43. The van der Waals surface area contributed by atoms with Gasteiger partial charge in [0, 0.05) is 31.9 Å². The Morgan fingerprint density at radius 1 is 1.20 bits per heavy atom. The first-order chi connectivity index (χ1) is 9.66. The predicted molar refractivity (Wildman–Crippen MR) is 79.7 cm³/mol. The highest BCUT2D eigenvalue weighted by molar-refractivity contribution is 5.94. The molecule has 0 aromatic heterocycles. The molecule has 1 aromatic carbocycles. The highest BCUT2D eigenvalue weighted by Crippen LogP contribution is 2.38. The number of carbonyl (C=O) groups excluding carboxylic acids is 1. The van der Waals surface area contributed by atoms with Gasteiger partial charge in [-0.2, -0.15) is 0 Å². The van der Waals surface area contributed by atoms with Crippen LogP contribution in [0.3, 0.4) is 0 Å². The second-order valence-corrected chi connectivity index (χ2v) is 5.41. The van der Waals surface area contributed by atoms with Crippen molar-refractivity contribution in [3.8, 4) is 5.75 Å². The topological polar surface area (TPSA) is 53.6 Å². The summed E-state index contributed by atoms with van der Waals surface area (Å²) in [5, 5.41) is 6.33. The molecule has 1 aromatic rings. The molecular formula is C15H21N3O2. The van der Waals surface area contributed by atoms with Gasteiger partial charge in [0.25, 0.3) is 0 Å². The molecule has 5 heteroatoms. The van der Waals surface area contributed by atoms with Crippen molar-refractivity contribution in [2.75, 3.05) is 43.0 Å². The Morgan fingerprint density at radius 3 is 2.70 bits per heavy atom. The Labute approximate surface area is 119 Å². The summed E-state index contributed by atoms with van der Waals surface area (Å²) < 4.78 is 5.76. The third kappa shape index (κ3) is 2.33. The highest BCUT2D eigenvalue weighted by Gasteiger charge is 2.22. The molecule has 0 bridgehead atoms. The molecule has 0 spiro atoms. The van der Waals surface area contributed by atoms with E-state index >= 15 is 0 Å². The van der Waals surface area contributed by atoms with Crippen LogP contribution in [0.4, 0.5) is 11.4 Å². The quantitative estimate of drug-likeness (QED) is 0.814. The number of nitrogens with one attached hydrogen (secondary N) is 2. The van der Waals surface area contributed by atoms with Gasteiger partial charge in [-0.25, -0.2) is 0 Å². The second-order valence-electron chi connectivity index (χ2n) is 5.41. The van der Waals surface area contributed by atoms with Crippen LogP contribution in [-0.4, -0.2) is 38.7 Å². The SMILES string of the molecule is Cc1c(N2CCNCC2)cc2c(c1C)OCCC(=O)N2. The van der Waals surface area contributed by atoms with Crippen molar-refractivity contribution in [2.24, 2.45) is 0 Å². The van der Waals surface area contributed by atoms with Crippen LogP contribution in [0.2, 0.25) is 0 Å². The Morgan fingerprint density at radius 2 is 1.95 bits per heavy atom. The summed E-state index contributed by atoms with van der Waals surface area (Å²) in [4.78, 5) is 14.1. The van der Waals surface area contributed by atoms with Gasteiger partial charge < -0.3 is 20.3 Å². The molecular weight excluding hydrogens is 254 g/mol. The maximum atomic E-state index is 11.7. The lowest BCUT2D eigenvalue weighted by Gasteiger charge is -2.32. The van der Waals surface area contributed by atoms with Crippen molar-refractivity contribution < 1.29 is 9.53 Å². The van der Waals surface area contributed by atoms with Crippen molar-refractivity contribution in [1.82, 2.24) is 5.32 Å². The molecule has 0 unspecified atom stereocenters. The van der Waals surface area contributed by atoms with E-state index < -0.39 is 0 Å². The third-order valence-electron chi connectivity index (χ3n) is 4.12. The fourth-order valence-electron chi connectivity index (χ4n) is 2.85. The van der Waals surface area contributed by atoms with Crippen LogP contribution in [0.5, 0.6) is 5.75 Å². The molecule has 1 fully saturated rings. The lowest BCUT2D eigenvalue weighted by Crippen LogP contribution is -2.43. The van der Waals surface area contributed by atoms with Gasteiger partial charge in [-0.15, -0.1) is 0 Å². The minimum atomic E-state index is 0.0262. The molecule has 2 N–H and O–H groups in total. The largest absolute Gasteiger partial charge is 0.491 e. The van der Waals surface area contributed by atoms with Gasteiger partial charge in [0.2, 0.25) is 5.91 Å². The summed E-state index contributed by atoms with van der Waals surface area (Å²) in [5.41, 5.74) is 4.37. The summed E-state index contributed by atoms with van der Waals surface area (Å²) in [6.07, 6.45) is 0.413. The Hall–Kier alpha value is -1.75. The summed E-state index contributed by atoms with van der Waals surface area (Å²) in [6.45, 7) is 8.63. The van der Waals surface area contributed by atoms with E-state index in [9.17, 15) is 4.79 Å². The van der Waals surface area contributed by atoms with Gasteiger partial charge in [-0.1, -0.05) is 0 Å². The zero-order valence-corrected chi connectivity index (χ0v) is 12.1. The van der Waals surface area contributed by atoms with Gasteiger partial charge in [0.15, 0.2) is 0 Å². The maximum absolute atomic E-state index is 11.7. The van der Waals surface area contributed by atoms with E-state index in [1.54, 1.807) is 0 Å². The number of hydrogen-bond donors (Lipinski definition) is 2. The average molecular weight is 275 g/mol. The van der Waals surface area contributed by atoms with E-state index in [1.807, 2.05) is 0 Å². The first-order valence-electron chi connectivity index (χ1n) is 7.19. The zero-order chi connectivity index (χ0) is 14.1. The minimum absolute atomic E-state index is 0.0262. The fourth-order valence-corrected chi connectivity index (χ4v) is 2.85. The molecule has 0 atom stereocenters. The maximum Gasteiger partial charge on any atom is 0.227 e. The molecule has 1 saturated heterocycles. The second kappa shape index (κ2) is 5.32. The van der Waals surface area contributed by atoms with E-state index in [1.165, 1.54) is 11.3 Å². The van der Waals surface area contributed by atoms with Gasteiger partial charge in [0.05, 0.1) is 18.7 Å². The van der Waals surface area contributed by atoms with Crippen molar-refractivity contribution in [2.45, 2.75) is 20.3 Å². The molecule has 3 rings (SSSR count). The molecule has 20 heavy (non-hydrogen) atoms. The van der Waals surface area contributed by atoms with Crippen molar-refractivity contribution in [3.63, 3.8) is 0 Å². The number of hydrogen-bond acceptors (Lipinski definition) is 4. The molecule has 0 radical (unpaired) electrons. The number of nitrogens with zero attached hydrogens (tertiary/aromatic N) is 1. The lowest BCUT2D eigenvalue weighted by molar-refractivity contribution is -0.116. The summed E-state index contributed by atoms with van der Waals surface area (Å²) >= 11 is 0. The number of amides is 1. The third-order valence-corrected chi connectivity index (χ3v) is 4.12. The Bertz CT molecular complexity index is 536. The van der Waals surface area contributed by atoms with Gasteiger partial charge in [-0.3, -0.25) is 4.79 Å². The van der Waals surface area contributed by atoms with E-state index in [-0.39, 0.29) is 5.91 Å². The monoisotopic (exact) mass is 275 g/mol. The lowest BCUT2D eigenvalue weighted by atomic mass is 10.0. The Balaban J connectivity index is 2.03. The smallest absolute Gasteiger partial charge is 0.227 e. The number of ether oxygens (including phenoxy) is 1. The first kappa shape index (κ1) is 13.2. The number of anilines is 2. The summed E-state index contributed by atoms with van der Waals surface area (Å²) in [7, 11) is 0. The molecule has 108 valence electrons. The van der Waals surface area contributed by atoms with Gasteiger partial charge in [0.1, 0.15) is 5.75 Å². The van der Waals surface area contributed by atoms with Gasteiger partial charge in [-0.05, 0) is 31.0 Å². The van der Waals surface area contributed by atoms with Crippen LogP contribution in [-0.2, 0) is 4.79 Å². The molecule has 5 nitrogen and oxygen atoms in total. The van der Waals surface area contributed by atoms with E-state index in [4.69, 9.17) is 4.74 Å². The number of benzene rings is 1. The van der Waals surface area contributed by atoms with E-state index in [0.29, 0.717) is 13.0 Å². The Kier molecular flexibility index (Phi) is 3.53. The van der Waals surface area contributed by atoms with Gasteiger partial charge >= 0.3 is 0 Å². The highest BCUT2D eigenvalue weighted by atomic mass is 16.5. The number of rotatable bonds is 1. The van der Waals surface area contributed by atoms with Crippen LogP contribution in [0.25, 0.3) is 0 Å². The van der Waals surface area contributed by atoms with Crippen LogP contribution in [0.15, 0.2) is 6.07 Å². The first-order valence-corrected chi connectivity index (χ1v) is 7.19. The molecule has 0 saturated carbocycles. The van der Waals surface area contributed by atoms with Crippen molar-refractivity contribution in [3.05, 3.63) is 17.2 Å². The number of piperazine rings is 1. The zero-order valence-electron chi connectivity index (χ0n) is 12.1.